The second-order valence-electron chi connectivity index (χ2n) is 7.09. The number of hydrogen-bond donors (Lipinski definition) is 2. The highest BCUT2D eigenvalue weighted by Gasteiger charge is 2.30. The van der Waals surface area contributed by atoms with Crippen molar-refractivity contribution in [3.8, 4) is 0 Å². The summed E-state index contributed by atoms with van der Waals surface area (Å²) in [6.45, 7) is 7.43. The van der Waals surface area contributed by atoms with Crippen molar-refractivity contribution >= 4 is 34.1 Å². The van der Waals surface area contributed by atoms with Crippen LogP contribution in [0, 0.1) is 6.92 Å². The van der Waals surface area contributed by atoms with Crippen LogP contribution in [-0.4, -0.2) is 75.7 Å². The van der Waals surface area contributed by atoms with Crippen LogP contribution in [0.2, 0.25) is 0 Å². The standard InChI is InChI=1S/C18H27N3O5S/c1-10-7-21(8-11(2)26-10)9-13(22)19-16-14(18(24)25-6)12(3)15(27-16)17(23)20(4)5/h10-11H,7-9H2,1-6H3,(H,19,22)/p+1/t10-,11+. The highest BCUT2D eigenvalue weighted by Crippen LogP contribution is 2.34. The molecule has 0 aromatic carbocycles. The first-order valence-electron chi connectivity index (χ1n) is 8.86. The van der Waals surface area contributed by atoms with Crippen molar-refractivity contribution in [2.75, 3.05) is 46.2 Å². The van der Waals surface area contributed by atoms with Crippen LogP contribution in [0.3, 0.4) is 0 Å². The van der Waals surface area contributed by atoms with Crippen LogP contribution in [0.1, 0.15) is 39.4 Å². The molecule has 0 radical (unpaired) electrons. The molecule has 1 aromatic heterocycles. The summed E-state index contributed by atoms with van der Waals surface area (Å²) in [5, 5.41) is 3.15. The highest BCUT2D eigenvalue weighted by molar-refractivity contribution is 7.18. The number of carbonyl (C=O) groups excluding carboxylic acids is 3. The summed E-state index contributed by atoms with van der Waals surface area (Å²) < 4.78 is 10.5. The number of rotatable bonds is 5. The van der Waals surface area contributed by atoms with E-state index in [0.29, 0.717) is 15.4 Å². The number of esters is 1. The summed E-state index contributed by atoms with van der Waals surface area (Å²) in [7, 11) is 4.56. The van der Waals surface area contributed by atoms with Gasteiger partial charge in [-0.15, -0.1) is 11.3 Å². The van der Waals surface area contributed by atoms with Gasteiger partial charge in [0.25, 0.3) is 11.8 Å². The van der Waals surface area contributed by atoms with Gasteiger partial charge in [0.2, 0.25) is 0 Å². The average molecular weight is 399 g/mol. The molecule has 27 heavy (non-hydrogen) atoms. The van der Waals surface area contributed by atoms with Crippen molar-refractivity contribution in [2.45, 2.75) is 33.0 Å². The predicted molar refractivity (Wildman–Crippen MR) is 103 cm³/mol. The molecule has 1 unspecified atom stereocenters. The average Bonchev–Trinajstić information content (AvgIpc) is 2.88. The van der Waals surface area contributed by atoms with Gasteiger partial charge in [0, 0.05) is 14.1 Å². The Labute approximate surface area is 163 Å². The predicted octanol–water partition coefficient (Wildman–Crippen LogP) is 0.176. The maximum atomic E-state index is 12.6. The fourth-order valence-corrected chi connectivity index (χ4v) is 4.52. The van der Waals surface area contributed by atoms with E-state index in [1.807, 2.05) is 13.8 Å². The van der Waals surface area contributed by atoms with E-state index in [1.165, 1.54) is 12.0 Å². The van der Waals surface area contributed by atoms with Gasteiger partial charge in [0.15, 0.2) is 6.54 Å². The summed E-state index contributed by atoms with van der Waals surface area (Å²) in [6.07, 6.45) is 0.186. The van der Waals surface area contributed by atoms with E-state index in [9.17, 15) is 14.4 Å². The Kier molecular flexibility index (Phi) is 6.96. The van der Waals surface area contributed by atoms with Gasteiger partial charge < -0.3 is 24.6 Å². The number of nitrogens with zero attached hydrogens (tertiary/aromatic N) is 1. The maximum Gasteiger partial charge on any atom is 0.341 e. The normalized spacial score (nSPS) is 22.2. The van der Waals surface area contributed by atoms with E-state index in [4.69, 9.17) is 9.47 Å². The molecule has 1 aromatic rings. The molecule has 2 amide bonds. The smallest absolute Gasteiger partial charge is 0.341 e. The Morgan fingerprint density at radius 1 is 1.26 bits per heavy atom. The molecule has 0 spiro atoms. The number of nitrogens with one attached hydrogen (secondary N) is 2. The van der Waals surface area contributed by atoms with Crippen LogP contribution in [0.4, 0.5) is 5.00 Å². The Hall–Kier alpha value is -1.97. The van der Waals surface area contributed by atoms with Crippen LogP contribution >= 0.6 is 11.3 Å². The summed E-state index contributed by atoms with van der Waals surface area (Å²) in [5.74, 6) is -0.996. The molecule has 2 heterocycles. The molecule has 3 atom stereocenters. The van der Waals surface area contributed by atoms with Gasteiger partial charge >= 0.3 is 5.97 Å². The zero-order chi connectivity index (χ0) is 20.3. The lowest BCUT2D eigenvalue weighted by Gasteiger charge is -2.31. The second kappa shape index (κ2) is 8.81. The van der Waals surface area contributed by atoms with Crippen LogP contribution in [0.25, 0.3) is 0 Å². The third kappa shape index (κ3) is 5.06. The van der Waals surface area contributed by atoms with Gasteiger partial charge in [-0.1, -0.05) is 0 Å². The summed E-state index contributed by atoms with van der Waals surface area (Å²) >= 11 is 1.10. The molecular formula is C18H28N3O5S+. The number of anilines is 1. The molecule has 1 fully saturated rings. The third-order valence-electron chi connectivity index (χ3n) is 4.42. The van der Waals surface area contributed by atoms with E-state index >= 15 is 0 Å². The lowest BCUT2D eigenvalue weighted by atomic mass is 10.1. The Morgan fingerprint density at radius 3 is 2.37 bits per heavy atom. The lowest BCUT2D eigenvalue weighted by Crippen LogP contribution is -3.16. The van der Waals surface area contributed by atoms with Crippen LogP contribution in [0.5, 0.6) is 0 Å². The number of hydrogen-bond acceptors (Lipinski definition) is 6. The fraction of sp³-hybridized carbons (Fsp3) is 0.611. The number of thiophene rings is 1. The van der Waals surface area contributed by atoms with Gasteiger partial charge in [-0.25, -0.2) is 4.79 Å². The monoisotopic (exact) mass is 398 g/mol. The number of morpholine rings is 1. The van der Waals surface area contributed by atoms with Gasteiger partial charge in [0.05, 0.1) is 17.6 Å². The van der Waals surface area contributed by atoms with Crippen molar-refractivity contribution in [3.63, 3.8) is 0 Å². The largest absolute Gasteiger partial charge is 0.465 e. The first kappa shape index (κ1) is 21.3. The Balaban J connectivity index is 2.21. The summed E-state index contributed by atoms with van der Waals surface area (Å²) in [4.78, 5) is 40.1. The molecular weight excluding hydrogens is 370 g/mol. The van der Waals surface area contributed by atoms with Gasteiger partial charge in [0.1, 0.15) is 30.3 Å². The van der Waals surface area contributed by atoms with E-state index < -0.39 is 5.97 Å². The van der Waals surface area contributed by atoms with E-state index in [2.05, 4.69) is 5.32 Å². The fourth-order valence-electron chi connectivity index (χ4n) is 3.29. The third-order valence-corrected chi connectivity index (χ3v) is 5.61. The van der Waals surface area contributed by atoms with Crippen LogP contribution < -0.4 is 10.2 Å². The number of amides is 2. The van der Waals surface area contributed by atoms with Gasteiger partial charge in [-0.2, -0.15) is 0 Å². The van der Waals surface area contributed by atoms with Gasteiger partial charge in [-0.3, -0.25) is 9.59 Å². The molecule has 0 bridgehead atoms. The van der Waals surface area contributed by atoms with Crippen molar-refractivity contribution < 1.29 is 28.8 Å². The quantitative estimate of drug-likeness (QED) is 0.691. The number of ether oxygens (including phenoxy) is 2. The SMILES string of the molecule is COC(=O)c1c(NC(=O)C[NH+]2C[C@@H](C)O[C@@H](C)C2)sc(C(=O)N(C)C)c1C. The molecule has 1 saturated heterocycles. The minimum Gasteiger partial charge on any atom is -0.465 e. The number of quaternary nitrogens is 1. The zero-order valence-corrected chi connectivity index (χ0v) is 17.5. The molecule has 9 heteroatoms. The molecule has 2 N–H and O–H groups in total. The maximum absolute atomic E-state index is 12.6. The minimum absolute atomic E-state index is 0.0930. The highest BCUT2D eigenvalue weighted by atomic mass is 32.1. The van der Waals surface area contributed by atoms with Crippen molar-refractivity contribution in [2.24, 2.45) is 0 Å². The second-order valence-corrected chi connectivity index (χ2v) is 8.11. The Morgan fingerprint density at radius 2 is 1.85 bits per heavy atom. The lowest BCUT2D eigenvalue weighted by molar-refractivity contribution is -0.907. The topological polar surface area (TPSA) is 89.4 Å². The van der Waals surface area contributed by atoms with Crippen molar-refractivity contribution in [1.82, 2.24) is 4.90 Å². The van der Waals surface area contributed by atoms with Crippen molar-refractivity contribution in [1.29, 1.82) is 0 Å². The first-order chi connectivity index (χ1) is 12.6. The molecule has 2 rings (SSSR count). The van der Waals surface area contributed by atoms with Gasteiger partial charge in [-0.05, 0) is 26.3 Å². The molecule has 1 aliphatic rings. The first-order valence-corrected chi connectivity index (χ1v) is 9.67. The molecule has 150 valence electrons. The number of carbonyl (C=O) groups is 3. The van der Waals surface area contributed by atoms with E-state index in [-0.39, 0.29) is 36.1 Å². The molecule has 0 saturated carbocycles. The van der Waals surface area contributed by atoms with Crippen LogP contribution in [-0.2, 0) is 14.3 Å². The molecule has 1 aliphatic heterocycles. The zero-order valence-electron chi connectivity index (χ0n) is 16.7. The summed E-state index contributed by atoms with van der Waals surface area (Å²) in [6, 6.07) is 0. The summed E-state index contributed by atoms with van der Waals surface area (Å²) in [5.41, 5.74) is 0.751. The number of methoxy groups -OCH3 is 1. The van der Waals surface area contributed by atoms with Crippen molar-refractivity contribution in [3.05, 3.63) is 16.0 Å². The van der Waals surface area contributed by atoms with Crippen LogP contribution in [0.15, 0.2) is 0 Å². The molecule has 8 nitrogen and oxygen atoms in total. The van der Waals surface area contributed by atoms with E-state index in [0.717, 1.165) is 29.3 Å². The minimum atomic E-state index is -0.571. The Bertz CT molecular complexity index is 721. The van der Waals surface area contributed by atoms with E-state index in [1.54, 1.807) is 21.0 Å². The molecule has 0 aliphatic carbocycles.